The molecular formula is C12H16N2O. The Hall–Kier alpha value is -1.51. The van der Waals surface area contributed by atoms with Crippen LogP contribution in [0.4, 0.5) is 5.69 Å². The lowest BCUT2D eigenvalue weighted by Crippen LogP contribution is -2.24. The predicted octanol–water partition coefficient (Wildman–Crippen LogP) is 1.80. The number of carbonyl (C=O) groups is 1. The third-order valence-corrected chi connectivity index (χ3v) is 2.68. The SMILES string of the molecule is Nc1cccc(C(=O)NCCC2CC2)c1. The van der Waals surface area contributed by atoms with E-state index in [4.69, 9.17) is 5.73 Å². The molecule has 3 N–H and O–H groups in total. The smallest absolute Gasteiger partial charge is 0.251 e. The van der Waals surface area contributed by atoms with Gasteiger partial charge >= 0.3 is 0 Å². The zero-order valence-corrected chi connectivity index (χ0v) is 8.70. The summed E-state index contributed by atoms with van der Waals surface area (Å²) in [7, 11) is 0. The molecule has 3 heteroatoms. The van der Waals surface area contributed by atoms with Crippen LogP contribution in [0.3, 0.4) is 0 Å². The summed E-state index contributed by atoms with van der Waals surface area (Å²) < 4.78 is 0. The Bertz CT molecular complexity index is 358. The van der Waals surface area contributed by atoms with Crippen molar-refractivity contribution in [3.05, 3.63) is 29.8 Å². The molecule has 0 radical (unpaired) electrons. The first-order chi connectivity index (χ1) is 7.25. The van der Waals surface area contributed by atoms with E-state index in [0.717, 1.165) is 18.9 Å². The maximum atomic E-state index is 11.6. The number of carbonyl (C=O) groups excluding carboxylic acids is 1. The minimum atomic E-state index is -0.0250. The molecule has 0 heterocycles. The molecule has 1 amide bonds. The lowest BCUT2D eigenvalue weighted by atomic mass is 10.2. The average Bonchev–Trinajstić information content (AvgIpc) is 3.01. The Balaban J connectivity index is 1.83. The van der Waals surface area contributed by atoms with Crippen LogP contribution >= 0.6 is 0 Å². The quantitative estimate of drug-likeness (QED) is 0.735. The van der Waals surface area contributed by atoms with E-state index in [2.05, 4.69) is 5.32 Å². The van der Waals surface area contributed by atoms with Crippen molar-refractivity contribution in [2.75, 3.05) is 12.3 Å². The van der Waals surface area contributed by atoms with Gasteiger partial charge in [-0.25, -0.2) is 0 Å². The highest BCUT2D eigenvalue weighted by Crippen LogP contribution is 2.31. The van der Waals surface area contributed by atoms with Crippen LogP contribution < -0.4 is 11.1 Å². The molecule has 0 saturated heterocycles. The van der Waals surface area contributed by atoms with Crippen LogP contribution in [0.25, 0.3) is 0 Å². The number of hydrogen-bond donors (Lipinski definition) is 2. The van der Waals surface area contributed by atoms with Gasteiger partial charge in [-0.1, -0.05) is 18.9 Å². The van der Waals surface area contributed by atoms with Gasteiger partial charge < -0.3 is 11.1 Å². The number of nitrogens with one attached hydrogen (secondary N) is 1. The standard InChI is InChI=1S/C12H16N2O/c13-11-3-1-2-10(8-11)12(15)14-7-6-9-4-5-9/h1-3,8-9H,4-7,13H2,(H,14,15). The summed E-state index contributed by atoms with van der Waals surface area (Å²) in [6.45, 7) is 0.776. The highest BCUT2D eigenvalue weighted by atomic mass is 16.1. The molecule has 1 aliphatic carbocycles. The Labute approximate surface area is 89.7 Å². The van der Waals surface area contributed by atoms with Gasteiger partial charge in [-0.2, -0.15) is 0 Å². The number of rotatable bonds is 4. The third-order valence-electron chi connectivity index (χ3n) is 2.68. The molecule has 15 heavy (non-hydrogen) atoms. The average molecular weight is 204 g/mol. The molecule has 1 aromatic rings. The number of anilines is 1. The van der Waals surface area contributed by atoms with Crippen molar-refractivity contribution < 1.29 is 4.79 Å². The van der Waals surface area contributed by atoms with Crippen molar-refractivity contribution >= 4 is 11.6 Å². The molecule has 1 aromatic carbocycles. The van der Waals surface area contributed by atoms with Crippen molar-refractivity contribution in [2.45, 2.75) is 19.3 Å². The summed E-state index contributed by atoms with van der Waals surface area (Å²) in [5, 5.41) is 2.90. The maximum Gasteiger partial charge on any atom is 0.251 e. The van der Waals surface area contributed by atoms with Crippen LogP contribution in [-0.2, 0) is 0 Å². The second kappa shape index (κ2) is 4.34. The van der Waals surface area contributed by atoms with Crippen LogP contribution in [0, 0.1) is 5.92 Å². The van der Waals surface area contributed by atoms with Gasteiger partial charge in [-0.3, -0.25) is 4.79 Å². The second-order valence-electron chi connectivity index (χ2n) is 4.11. The summed E-state index contributed by atoms with van der Waals surface area (Å²) in [5.41, 5.74) is 6.88. The van der Waals surface area contributed by atoms with Gasteiger partial charge in [0.05, 0.1) is 0 Å². The molecule has 0 bridgehead atoms. The summed E-state index contributed by atoms with van der Waals surface area (Å²) in [4.78, 5) is 11.6. The minimum Gasteiger partial charge on any atom is -0.399 e. The number of amides is 1. The summed E-state index contributed by atoms with van der Waals surface area (Å²) >= 11 is 0. The van der Waals surface area contributed by atoms with Crippen LogP contribution in [0.2, 0.25) is 0 Å². The van der Waals surface area contributed by atoms with E-state index in [-0.39, 0.29) is 5.91 Å². The molecule has 0 aliphatic heterocycles. The van der Waals surface area contributed by atoms with Crippen LogP contribution in [0.1, 0.15) is 29.6 Å². The van der Waals surface area contributed by atoms with Crippen molar-refractivity contribution in [1.29, 1.82) is 0 Å². The van der Waals surface area contributed by atoms with Gasteiger partial charge in [0.2, 0.25) is 0 Å². The molecule has 0 aromatic heterocycles. The fraction of sp³-hybridized carbons (Fsp3) is 0.417. The lowest BCUT2D eigenvalue weighted by Gasteiger charge is -2.04. The highest BCUT2D eigenvalue weighted by Gasteiger charge is 2.20. The molecule has 3 nitrogen and oxygen atoms in total. The van der Waals surface area contributed by atoms with Gasteiger partial charge in [-0.05, 0) is 30.5 Å². The molecule has 1 aliphatic rings. The van der Waals surface area contributed by atoms with E-state index >= 15 is 0 Å². The zero-order chi connectivity index (χ0) is 10.7. The fourth-order valence-electron chi connectivity index (χ4n) is 1.58. The lowest BCUT2D eigenvalue weighted by molar-refractivity contribution is 0.0952. The van der Waals surface area contributed by atoms with Crippen LogP contribution in [0.15, 0.2) is 24.3 Å². The molecule has 0 unspecified atom stereocenters. The Morgan fingerprint density at radius 1 is 1.47 bits per heavy atom. The number of nitrogens with two attached hydrogens (primary N) is 1. The van der Waals surface area contributed by atoms with Crippen molar-refractivity contribution in [3.8, 4) is 0 Å². The predicted molar refractivity (Wildman–Crippen MR) is 60.5 cm³/mol. The van der Waals surface area contributed by atoms with Gasteiger partial charge in [0, 0.05) is 17.8 Å². The molecule has 80 valence electrons. The first-order valence-corrected chi connectivity index (χ1v) is 5.39. The number of nitrogen functional groups attached to an aromatic ring is 1. The van der Waals surface area contributed by atoms with E-state index in [1.807, 2.05) is 0 Å². The monoisotopic (exact) mass is 204 g/mol. The summed E-state index contributed by atoms with van der Waals surface area (Å²) in [6.07, 6.45) is 3.76. The topological polar surface area (TPSA) is 55.1 Å². The first kappa shape index (κ1) is 10.0. The minimum absolute atomic E-state index is 0.0250. The molecule has 1 saturated carbocycles. The Morgan fingerprint density at radius 2 is 2.27 bits per heavy atom. The molecule has 0 atom stereocenters. The van der Waals surface area contributed by atoms with Crippen LogP contribution in [-0.4, -0.2) is 12.5 Å². The summed E-state index contributed by atoms with van der Waals surface area (Å²) in [5.74, 6) is 0.828. The third kappa shape index (κ3) is 2.98. The van der Waals surface area contributed by atoms with E-state index in [9.17, 15) is 4.79 Å². The van der Waals surface area contributed by atoms with Crippen molar-refractivity contribution in [2.24, 2.45) is 5.92 Å². The molecule has 2 rings (SSSR count). The molecule has 1 fully saturated rings. The molecular weight excluding hydrogens is 188 g/mol. The largest absolute Gasteiger partial charge is 0.399 e. The first-order valence-electron chi connectivity index (χ1n) is 5.39. The van der Waals surface area contributed by atoms with Gasteiger partial charge in [0.1, 0.15) is 0 Å². The molecule has 0 spiro atoms. The number of hydrogen-bond acceptors (Lipinski definition) is 2. The van der Waals surface area contributed by atoms with Gasteiger partial charge in [0.15, 0.2) is 0 Å². The zero-order valence-electron chi connectivity index (χ0n) is 8.70. The van der Waals surface area contributed by atoms with Gasteiger partial charge in [-0.15, -0.1) is 0 Å². The van der Waals surface area contributed by atoms with E-state index in [1.54, 1.807) is 24.3 Å². The second-order valence-corrected chi connectivity index (χ2v) is 4.11. The Kier molecular flexibility index (Phi) is 2.90. The van der Waals surface area contributed by atoms with Crippen molar-refractivity contribution in [1.82, 2.24) is 5.32 Å². The van der Waals surface area contributed by atoms with Gasteiger partial charge in [0.25, 0.3) is 5.91 Å². The van der Waals surface area contributed by atoms with E-state index < -0.39 is 0 Å². The fourth-order valence-corrected chi connectivity index (χ4v) is 1.58. The van der Waals surface area contributed by atoms with E-state index in [1.165, 1.54) is 12.8 Å². The van der Waals surface area contributed by atoms with E-state index in [0.29, 0.717) is 11.3 Å². The summed E-state index contributed by atoms with van der Waals surface area (Å²) in [6, 6.07) is 7.06. The van der Waals surface area contributed by atoms with Crippen molar-refractivity contribution in [3.63, 3.8) is 0 Å². The number of benzene rings is 1. The van der Waals surface area contributed by atoms with Crippen LogP contribution in [0.5, 0.6) is 0 Å². The Morgan fingerprint density at radius 3 is 2.93 bits per heavy atom. The maximum absolute atomic E-state index is 11.6. The highest BCUT2D eigenvalue weighted by molar-refractivity contribution is 5.94. The normalized spacial score (nSPS) is 14.9.